The van der Waals surface area contributed by atoms with Crippen molar-refractivity contribution in [3.63, 3.8) is 0 Å². The lowest BCUT2D eigenvalue weighted by molar-refractivity contribution is -0.0196. The summed E-state index contributed by atoms with van der Waals surface area (Å²) >= 11 is 6.43. The SMILES string of the molecule is CCc1nc2nc(c1Cl)N(CC)ONC2(C)c1ccccc1. The Hall–Kier alpha value is -1.69. The van der Waals surface area contributed by atoms with Gasteiger partial charge in [-0.05, 0) is 25.8 Å². The molecule has 1 aliphatic rings. The minimum atomic E-state index is -0.644. The lowest BCUT2D eigenvalue weighted by Gasteiger charge is -2.28. The monoisotopic (exact) mass is 318 g/mol. The van der Waals surface area contributed by atoms with Crippen LogP contribution in [0.5, 0.6) is 0 Å². The van der Waals surface area contributed by atoms with Gasteiger partial charge in [-0.2, -0.15) is 10.4 Å². The minimum absolute atomic E-state index is 0.548. The highest BCUT2D eigenvalue weighted by Crippen LogP contribution is 2.35. The molecule has 1 aliphatic heterocycles. The third kappa shape index (κ3) is 2.35. The van der Waals surface area contributed by atoms with Crippen LogP contribution in [0.1, 0.15) is 37.9 Å². The van der Waals surface area contributed by atoms with Gasteiger partial charge in [-0.3, -0.25) is 0 Å². The number of halogens is 1. The molecule has 1 aromatic heterocycles. The van der Waals surface area contributed by atoms with Gasteiger partial charge in [-0.15, -0.1) is 0 Å². The smallest absolute Gasteiger partial charge is 0.176 e. The molecule has 0 amide bonds. The van der Waals surface area contributed by atoms with E-state index in [-0.39, 0.29) is 0 Å². The van der Waals surface area contributed by atoms with E-state index in [9.17, 15) is 0 Å². The van der Waals surface area contributed by atoms with Crippen LogP contribution < -0.4 is 10.5 Å². The molecule has 3 rings (SSSR count). The van der Waals surface area contributed by atoms with E-state index in [0.717, 1.165) is 17.7 Å². The predicted molar refractivity (Wildman–Crippen MR) is 86.6 cm³/mol. The summed E-state index contributed by atoms with van der Waals surface area (Å²) in [5, 5.41) is 2.20. The summed E-state index contributed by atoms with van der Waals surface area (Å²) in [5.41, 5.74) is 4.32. The first-order chi connectivity index (χ1) is 10.6. The summed E-state index contributed by atoms with van der Waals surface area (Å²) in [6.07, 6.45) is 0.740. The van der Waals surface area contributed by atoms with E-state index in [4.69, 9.17) is 16.5 Å². The van der Waals surface area contributed by atoms with Crippen molar-refractivity contribution in [3.8, 4) is 0 Å². The van der Waals surface area contributed by atoms with E-state index < -0.39 is 5.54 Å². The average molecular weight is 319 g/mol. The number of nitrogens with zero attached hydrogens (tertiary/aromatic N) is 3. The number of aryl methyl sites for hydroxylation is 1. The van der Waals surface area contributed by atoms with Crippen molar-refractivity contribution in [2.75, 3.05) is 11.6 Å². The van der Waals surface area contributed by atoms with Gasteiger partial charge in [0.2, 0.25) is 0 Å². The van der Waals surface area contributed by atoms with Gasteiger partial charge in [0.1, 0.15) is 10.6 Å². The maximum absolute atomic E-state index is 6.43. The standard InChI is InChI=1S/C16H19ClN4O/c1-4-12-13(17)14-19-15(18-12)16(3,20-22-21(14)5-2)11-9-7-6-8-10-11/h6-10,20H,4-5H2,1-3H3. The fraction of sp³-hybridized carbons (Fsp3) is 0.375. The molecule has 2 aromatic rings. The van der Waals surface area contributed by atoms with Crippen molar-refractivity contribution in [3.05, 3.63) is 52.4 Å². The lowest BCUT2D eigenvalue weighted by Crippen LogP contribution is -2.43. The van der Waals surface area contributed by atoms with Gasteiger partial charge in [0.25, 0.3) is 0 Å². The summed E-state index contributed by atoms with van der Waals surface area (Å²) in [4.78, 5) is 15.1. The van der Waals surface area contributed by atoms with Gasteiger partial charge in [-0.25, -0.2) is 15.0 Å². The number of hydrogen-bond acceptors (Lipinski definition) is 5. The van der Waals surface area contributed by atoms with Crippen molar-refractivity contribution in [2.45, 2.75) is 32.7 Å². The number of aromatic nitrogens is 2. The van der Waals surface area contributed by atoms with Crippen LogP contribution in [0.4, 0.5) is 5.82 Å². The summed E-state index contributed by atoms with van der Waals surface area (Å²) in [6, 6.07) is 10.0. The quantitative estimate of drug-likeness (QED) is 0.941. The van der Waals surface area contributed by atoms with Gasteiger partial charge < -0.3 is 0 Å². The molecule has 1 atom stereocenters. The molecule has 0 spiro atoms. The van der Waals surface area contributed by atoms with E-state index in [0.29, 0.717) is 23.2 Å². The second kappa shape index (κ2) is 5.83. The molecule has 1 aromatic carbocycles. The first kappa shape index (κ1) is 15.2. The zero-order valence-electron chi connectivity index (χ0n) is 12.9. The van der Waals surface area contributed by atoms with E-state index >= 15 is 0 Å². The topological polar surface area (TPSA) is 50.3 Å². The number of nitrogens with one attached hydrogen (secondary N) is 1. The van der Waals surface area contributed by atoms with Gasteiger partial charge in [0.05, 0.1) is 5.69 Å². The number of hydroxylamine groups is 2. The van der Waals surface area contributed by atoms with Gasteiger partial charge >= 0.3 is 0 Å². The van der Waals surface area contributed by atoms with Crippen LogP contribution >= 0.6 is 11.6 Å². The van der Waals surface area contributed by atoms with Crippen LogP contribution in [0.3, 0.4) is 0 Å². The molecular weight excluding hydrogens is 300 g/mol. The molecule has 116 valence electrons. The zero-order chi connectivity index (χ0) is 15.7. The average Bonchev–Trinajstić information content (AvgIpc) is 2.68. The second-order valence-corrected chi connectivity index (χ2v) is 5.74. The molecule has 6 heteroatoms. The fourth-order valence-corrected chi connectivity index (χ4v) is 2.82. The van der Waals surface area contributed by atoms with Crippen LogP contribution in [-0.2, 0) is 16.9 Å². The highest BCUT2D eigenvalue weighted by Gasteiger charge is 2.37. The van der Waals surface area contributed by atoms with Crippen molar-refractivity contribution < 1.29 is 4.94 Å². The first-order valence-corrected chi connectivity index (χ1v) is 7.82. The van der Waals surface area contributed by atoms with Gasteiger partial charge in [0, 0.05) is 6.54 Å². The zero-order valence-corrected chi connectivity index (χ0v) is 13.7. The summed E-state index contributed by atoms with van der Waals surface area (Å²) in [7, 11) is 0. The van der Waals surface area contributed by atoms with Crippen LogP contribution in [0.15, 0.2) is 30.3 Å². The van der Waals surface area contributed by atoms with E-state index in [1.54, 1.807) is 5.06 Å². The molecular formula is C16H19ClN4O. The first-order valence-electron chi connectivity index (χ1n) is 7.44. The Bertz CT molecular complexity index is 679. The Morgan fingerprint density at radius 3 is 2.59 bits per heavy atom. The van der Waals surface area contributed by atoms with Gasteiger partial charge in [0.15, 0.2) is 11.6 Å². The normalized spacial score (nSPS) is 20.8. The number of fused-ring (bicyclic) bond motifs is 2. The Labute approximate surface area is 135 Å². The summed E-state index contributed by atoms with van der Waals surface area (Å²) < 4.78 is 0. The number of hydrogen-bond donors (Lipinski definition) is 1. The summed E-state index contributed by atoms with van der Waals surface area (Å²) in [5.74, 6) is 1.27. The Kier molecular flexibility index (Phi) is 4.04. The number of rotatable bonds is 3. The fourth-order valence-electron chi connectivity index (χ4n) is 2.51. The minimum Gasteiger partial charge on any atom is -0.234 e. The molecule has 0 radical (unpaired) electrons. The molecule has 0 fully saturated rings. The van der Waals surface area contributed by atoms with Crippen LogP contribution in [0.2, 0.25) is 5.02 Å². The highest BCUT2D eigenvalue weighted by molar-refractivity contribution is 6.33. The van der Waals surface area contributed by atoms with Crippen molar-refractivity contribution >= 4 is 17.4 Å². The highest BCUT2D eigenvalue weighted by atomic mass is 35.5. The van der Waals surface area contributed by atoms with Crippen molar-refractivity contribution in [1.82, 2.24) is 15.4 Å². The maximum Gasteiger partial charge on any atom is 0.176 e. The molecule has 0 aliphatic carbocycles. The van der Waals surface area contributed by atoms with E-state index in [1.165, 1.54) is 0 Å². The maximum atomic E-state index is 6.43. The predicted octanol–water partition coefficient (Wildman–Crippen LogP) is 3.23. The molecule has 0 saturated carbocycles. The van der Waals surface area contributed by atoms with Crippen molar-refractivity contribution in [2.24, 2.45) is 0 Å². The number of benzene rings is 1. The second-order valence-electron chi connectivity index (χ2n) is 5.36. The van der Waals surface area contributed by atoms with Crippen LogP contribution in [-0.4, -0.2) is 16.5 Å². The molecule has 1 unspecified atom stereocenters. The van der Waals surface area contributed by atoms with Gasteiger partial charge in [-0.1, -0.05) is 48.9 Å². The van der Waals surface area contributed by atoms with E-state index in [2.05, 4.69) is 15.4 Å². The molecule has 22 heavy (non-hydrogen) atoms. The molecule has 1 N–H and O–H groups in total. The molecule has 2 heterocycles. The largest absolute Gasteiger partial charge is 0.234 e. The molecule has 5 nitrogen and oxygen atoms in total. The Balaban J connectivity index is 2.21. The number of anilines is 1. The lowest BCUT2D eigenvalue weighted by atomic mass is 9.92. The van der Waals surface area contributed by atoms with Crippen molar-refractivity contribution in [1.29, 1.82) is 0 Å². The Morgan fingerprint density at radius 1 is 1.23 bits per heavy atom. The van der Waals surface area contributed by atoms with E-state index in [1.807, 2.05) is 51.1 Å². The molecule has 2 bridgehead atoms. The molecule has 0 saturated heterocycles. The van der Waals surface area contributed by atoms with Crippen LogP contribution in [0, 0.1) is 0 Å². The van der Waals surface area contributed by atoms with Crippen LogP contribution in [0.25, 0.3) is 0 Å². The summed E-state index contributed by atoms with van der Waals surface area (Å²) in [6.45, 7) is 6.64. The third-order valence-electron chi connectivity index (χ3n) is 3.92. The Morgan fingerprint density at radius 2 is 1.95 bits per heavy atom. The third-order valence-corrected chi connectivity index (χ3v) is 4.31.